The highest BCUT2D eigenvalue weighted by molar-refractivity contribution is 6.01. The summed E-state index contributed by atoms with van der Waals surface area (Å²) in [6.45, 7) is 5.79. The van der Waals surface area contributed by atoms with E-state index in [0.717, 1.165) is 11.1 Å². The molecule has 210 valence electrons. The fraction of sp³-hybridized carbons (Fsp3) is 0.448. The molecular weight excluding hydrogens is 502 g/mol. The van der Waals surface area contributed by atoms with Crippen LogP contribution in [0.15, 0.2) is 54.6 Å². The van der Waals surface area contributed by atoms with Crippen LogP contribution in [0.1, 0.15) is 51.2 Å². The van der Waals surface area contributed by atoms with Crippen LogP contribution in [0, 0.1) is 0 Å². The first kappa shape index (κ1) is 29.5. The predicted molar refractivity (Wildman–Crippen MR) is 145 cm³/mol. The number of hydrogen-bond donors (Lipinski definition) is 2. The molecule has 10 heteroatoms. The molecule has 0 saturated carbocycles. The van der Waals surface area contributed by atoms with Crippen molar-refractivity contribution in [3.05, 3.63) is 65.7 Å². The van der Waals surface area contributed by atoms with Crippen LogP contribution in [-0.2, 0) is 36.8 Å². The highest BCUT2D eigenvalue weighted by Crippen LogP contribution is 2.33. The molecule has 2 unspecified atom stereocenters. The molecule has 1 aliphatic rings. The third-order valence-electron chi connectivity index (χ3n) is 6.07. The number of alkyl carbamates (subject to hydrolysis) is 1. The summed E-state index contributed by atoms with van der Waals surface area (Å²) in [6, 6.07) is 14.8. The van der Waals surface area contributed by atoms with Gasteiger partial charge >= 0.3 is 18.2 Å². The van der Waals surface area contributed by atoms with Gasteiger partial charge < -0.3 is 24.8 Å². The zero-order chi connectivity index (χ0) is 28.4. The van der Waals surface area contributed by atoms with Gasteiger partial charge in [-0.15, -0.1) is 0 Å². The van der Waals surface area contributed by atoms with Crippen LogP contribution in [-0.4, -0.2) is 55.4 Å². The zero-order valence-electron chi connectivity index (χ0n) is 22.9. The lowest BCUT2D eigenvalue weighted by Gasteiger charge is -2.29. The number of methoxy groups -OCH3 is 1. The van der Waals surface area contributed by atoms with Crippen LogP contribution in [0.2, 0.25) is 0 Å². The molecule has 2 N–H and O–H groups in total. The number of para-hydroxylation sites is 1. The topological polar surface area (TPSA) is 123 Å². The number of carbonyl (C=O) groups is 4. The van der Waals surface area contributed by atoms with E-state index in [1.54, 1.807) is 32.9 Å². The molecule has 2 aromatic carbocycles. The van der Waals surface area contributed by atoms with Gasteiger partial charge in [0.2, 0.25) is 5.91 Å². The fourth-order valence-corrected chi connectivity index (χ4v) is 4.23. The van der Waals surface area contributed by atoms with Gasteiger partial charge in [0, 0.05) is 13.0 Å². The number of carbonyl (C=O) groups excluding carboxylic acids is 4. The van der Waals surface area contributed by atoms with Crippen molar-refractivity contribution in [1.29, 1.82) is 0 Å². The van der Waals surface area contributed by atoms with Gasteiger partial charge in [-0.05, 0) is 57.2 Å². The average molecular weight is 540 g/mol. The number of hydrogen-bond acceptors (Lipinski definition) is 7. The van der Waals surface area contributed by atoms with Crippen LogP contribution in [0.5, 0.6) is 0 Å². The van der Waals surface area contributed by atoms with E-state index >= 15 is 0 Å². The Morgan fingerprint density at radius 1 is 1.00 bits per heavy atom. The molecule has 0 saturated heterocycles. The first-order valence-corrected chi connectivity index (χ1v) is 13.0. The molecule has 0 fully saturated rings. The molecule has 3 amide bonds. The quantitative estimate of drug-likeness (QED) is 0.265. The molecule has 1 heterocycles. The number of nitrogens with zero attached hydrogens (tertiary/aromatic N) is 1. The van der Waals surface area contributed by atoms with Crippen LogP contribution in [0.4, 0.5) is 15.3 Å². The molecule has 0 bridgehead atoms. The second kappa shape index (κ2) is 13.6. The highest BCUT2D eigenvalue weighted by Gasteiger charge is 2.41. The maximum atomic E-state index is 13.4. The molecule has 10 nitrogen and oxygen atoms in total. The lowest BCUT2D eigenvalue weighted by Crippen LogP contribution is -2.53. The summed E-state index contributed by atoms with van der Waals surface area (Å²) in [5.74, 6) is -1.06. The third kappa shape index (κ3) is 8.73. The maximum absolute atomic E-state index is 13.4. The van der Waals surface area contributed by atoms with Gasteiger partial charge in [0.15, 0.2) is 0 Å². The van der Waals surface area contributed by atoms with Crippen molar-refractivity contribution in [2.24, 2.45) is 0 Å². The Morgan fingerprint density at radius 2 is 1.69 bits per heavy atom. The first-order valence-electron chi connectivity index (χ1n) is 13.0. The van der Waals surface area contributed by atoms with Gasteiger partial charge in [0.25, 0.3) is 0 Å². The van der Waals surface area contributed by atoms with Crippen molar-refractivity contribution in [3.63, 3.8) is 0 Å². The molecule has 3 rings (SSSR count). The van der Waals surface area contributed by atoms with E-state index in [0.29, 0.717) is 37.9 Å². The Balaban J connectivity index is 1.53. The molecule has 0 aliphatic carbocycles. The van der Waals surface area contributed by atoms with E-state index in [1.807, 2.05) is 42.5 Å². The van der Waals surface area contributed by atoms with E-state index in [9.17, 15) is 19.2 Å². The molecule has 0 aromatic heterocycles. The minimum atomic E-state index is -0.906. The van der Waals surface area contributed by atoms with Crippen LogP contribution >= 0.6 is 0 Å². The zero-order valence-corrected chi connectivity index (χ0v) is 22.9. The number of rotatable bonds is 10. The van der Waals surface area contributed by atoms with Crippen molar-refractivity contribution >= 4 is 29.8 Å². The smallest absolute Gasteiger partial charge is 0.415 e. The number of nitrogens with one attached hydrogen (secondary N) is 2. The second-order valence-electron chi connectivity index (χ2n) is 10.3. The summed E-state index contributed by atoms with van der Waals surface area (Å²) in [5.41, 5.74) is 1.58. The van der Waals surface area contributed by atoms with Gasteiger partial charge in [-0.3, -0.25) is 9.69 Å². The number of ether oxygens (including phenoxy) is 3. The summed E-state index contributed by atoms with van der Waals surface area (Å²) < 4.78 is 15.6. The lowest BCUT2D eigenvalue weighted by molar-refractivity contribution is -0.145. The molecule has 2 aromatic rings. The van der Waals surface area contributed by atoms with E-state index < -0.39 is 41.7 Å². The molecule has 39 heavy (non-hydrogen) atoms. The molecule has 0 spiro atoms. The SMILES string of the molecule is COC(=O)C(CCCCNC(=O)OCc1ccccc1)NC(=O)C1Cc2ccccc2N1C(=O)OC(C)(C)C. The summed E-state index contributed by atoms with van der Waals surface area (Å²) in [4.78, 5) is 52.1. The number of fused-ring (bicyclic) bond motifs is 1. The largest absolute Gasteiger partial charge is 0.467 e. The number of benzene rings is 2. The third-order valence-corrected chi connectivity index (χ3v) is 6.07. The molecule has 0 radical (unpaired) electrons. The van der Waals surface area contributed by atoms with E-state index in [2.05, 4.69) is 10.6 Å². The van der Waals surface area contributed by atoms with Crippen molar-refractivity contribution < 1.29 is 33.4 Å². The average Bonchev–Trinajstić information content (AvgIpc) is 3.30. The maximum Gasteiger partial charge on any atom is 0.415 e. The summed E-state index contributed by atoms with van der Waals surface area (Å²) >= 11 is 0. The van der Waals surface area contributed by atoms with Crippen LogP contribution in [0.3, 0.4) is 0 Å². The van der Waals surface area contributed by atoms with Gasteiger partial charge in [-0.1, -0.05) is 48.5 Å². The summed E-state index contributed by atoms with van der Waals surface area (Å²) in [7, 11) is 1.25. The Morgan fingerprint density at radius 3 is 2.38 bits per heavy atom. The Bertz CT molecular complexity index is 1150. The fourth-order valence-electron chi connectivity index (χ4n) is 4.23. The lowest BCUT2D eigenvalue weighted by atomic mass is 10.1. The first-order chi connectivity index (χ1) is 18.6. The minimum absolute atomic E-state index is 0.175. The van der Waals surface area contributed by atoms with Crippen molar-refractivity contribution in [3.8, 4) is 0 Å². The monoisotopic (exact) mass is 539 g/mol. The number of anilines is 1. The van der Waals surface area contributed by atoms with Crippen molar-refractivity contribution in [2.75, 3.05) is 18.6 Å². The number of esters is 1. The van der Waals surface area contributed by atoms with Gasteiger partial charge in [0.05, 0.1) is 12.8 Å². The Kier molecular flexibility index (Phi) is 10.3. The highest BCUT2D eigenvalue weighted by atomic mass is 16.6. The van der Waals surface area contributed by atoms with Gasteiger partial charge in [0.1, 0.15) is 24.3 Å². The molecule has 2 atom stereocenters. The Hall–Kier alpha value is -4.08. The van der Waals surface area contributed by atoms with Crippen molar-refractivity contribution in [2.45, 2.75) is 70.7 Å². The van der Waals surface area contributed by atoms with Crippen LogP contribution in [0.25, 0.3) is 0 Å². The standard InChI is InChI=1S/C29H37N3O7/c1-29(2,3)39-28(36)32-23-16-9-8-14-21(23)18-24(32)25(33)31-22(26(34)37-4)15-10-11-17-30-27(35)38-19-20-12-6-5-7-13-20/h5-9,12-14,16,22,24H,10-11,15,17-19H2,1-4H3,(H,30,35)(H,31,33). The van der Waals surface area contributed by atoms with Crippen molar-refractivity contribution in [1.82, 2.24) is 10.6 Å². The van der Waals surface area contributed by atoms with E-state index in [1.165, 1.54) is 12.0 Å². The van der Waals surface area contributed by atoms with E-state index in [-0.39, 0.29) is 6.61 Å². The number of unbranched alkanes of at least 4 members (excludes halogenated alkanes) is 1. The summed E-state index contributed by atoms with van der Waals surface area (Å²) in [6.07, 6.45) is 0.518. The van der Waals surface area contributed by atoms with Crippen LogP contribution < -0.4 is 15.5 Å². The van der Waals surface area contributed by atoms with Gasteiger partial charge in [-0.2, -0.15) is 0 Å². The molecule has 1 aliphatic heterocycles. The summed E-state index contributed by atoms with van der Waals surface area (Å²) in [5, 5.41) is 5.43. The minimum Gasteiger partial charge on any atom is -0.467 e. The predicted octanol–water partition coefficient (Wildman–Crippen LogP) is 4.11. The second-order valence-corrected chi connectivity index (χ2v) is 10.3. The molecular formula is C29H37N3O7. The van der Waals surface area contributed by atoms with E-state index in [4.69, 9.17) is 14.2 Å². The normalized spacial score (nSPS) is 15.1. The van der Waals surface area contributed by atoms with Gasteiger partial charge in [-0.25, -0.2) is 14.4 Å². The Labute approximate surface area is 229 Å². The number of amides is 3.